The number of aliphatic hydroxyl groups excluding tert-OH is 1. The molecule has 0 saturated carbocycles. The number of rotatable bonds is 11. The summed E-state index contributed by atoms with van der Waals surface area (Å²) in [5.41, 5.74) is 0. The number of aliphatic hydroxyl groups is 1. The first-order valence-corrected chi connectivity index (χ1v) is 10.3. The van der Waals surface area contributed by atoms with Crippen LogP contribution in [0.15, 0.2) is 36.4 Å². The van der Waals surface area contributed by atoms with Crippen molar-refractivity contribution in [1.82, 2.24) is 10.6 Å². The van der Waals surface area contributed by atoms with Gasteiger partial charge in [-0.05, 0) is 30.7 Å². The summed E-state index contributed by atoms with van der Waals surface area (Å²) < 4.78 is 58.2. The van der Waals surface area contributed by atoms with Gasteiger partial charge in [-0.1, -0.05) is 11.6 Å². The third-order valence-electron chi connectivity index (χ3n) is 4.34. The predicted octanol–water partition coefficient (Wildman–Crippen LogP) is 2.24. The van der Waals surface area contributed by atoms with Crippen molar-refractivity contribution >= 4 is 23.4 Å². The standard InChI is InChI=1S/C21H20ClF3N2O7/c22-15-3-1-13(7-16(15)23)31-10-19(29)26-6-5-12(28)9-27-20(30)11-32-14-2-4-17-18(8-14)34-21(24,25)33-17/h1-4,7-8,12,28H,5-6,9-11H2,(H,26,29)(H,27,30). The molecule has 184 valence electrons. The van der Waals surface area contributed by atoms with E-state index < -0.39 is 36.6 Å². The molecule has 9 nitrogen and oxygen atoms in total. The smallest absolute Gasteiger partial charge is 0.484 e. The van der Waals surface area contributed by atoms with Crippen molar-refractivity contribution < 1.29 is 46.8 Å². The van der Waals surface area contributed by atoms with E-state index >= 15 is 0 Å². The summed E-state index contributed by atoms with van der Waals surface area (Å²) >= 11 is 5.56. The molecule has 2 aromatic rings. The van der Waals surface area contributed by atoms with E-state index in [1.165, 1.54) is 24.3 Å². The quantitative estimate of drug-likeness (QED) is 0.430. The number of amides is 2. The third kappa shape index (κ3) is 7.59. The Balaban J connectivity index is 1.27. The molecule has 3 N–H and O–H groups in total. The van der Waals surface area contributed by atoms with Crippen LogP contribution in [0.4, 0.5) is 13.2 Å². The van der Waals surface area contributed by atoms with E-state index in [9.17, 15) is 27.9 Å². The van der Waals surface area contributed by atoms with Gasteiger partial charge >= 0.3 is 6.29 Å². The topological polar surface area (TPSA) is 115 Å². The average molecular weight is 505 g/mol. The lowest BCUT2D eigenvalue weighted by molar-refractivity contribution is -0.286. The number of carbonyl (C=O) groups excluding carboxylic acids is 2. The van der Waals surface area contributed by atoms with E-state index in [0.717, 1.165) is 12.1 Å². The molecule has 13 heteroatoms. The van der Waals surface area contributed by atoms with Crippen LogP contribution in [0.3, 0.4) is 0 Å². The van der Waals surface area contributed by atoms with Gasteiger partial charge in [-0.25, -0.2) is 4.39 Å². The Morgan fingerprint density at radius 2 is 1.62 bits per heavy atom. The molecule has 1 unspecified atom stereocenters. The molecule has 2 aromatic carbocycles. The molecule has 3 rings (SSSR count). The van der Waals surface area contributed by atoms with Gasteiger partial charge in [-0.3, -0.25) is 9.59 Å². The molecule has 1 atom stereocenters. The lowest BCUT2D eigenvalue weighted by Crippen LogP contribution is -2.37. The lowest BCUT2D eigenvalue weighted by Gasteiger charge is -2.13. The van der Waals surface area contributed by atoms with Crippen molar-refractivity contribution in [3.63, 3.8) is 0 Å². The molecular formula is C21H20ClF3N2O7. The average Bonchev–Trinajstić information content (AvgIpc) is 3.10. The molecule has 1 aliphatic heterocycles. The van der Waals surface area contributed by atoms with Crippen LogP contribution in [-0.2, 0) is 9.59 Å². The minimum atomic E-state index is -3.75. The molecule has 2 amide bonds. The first kappa shape index (κ1) is 25.2. The highest BCUT2D eigenvalue weighted by molar-refractivity contribution is 6.30. The number of fused-ring (bicyclic) bond motifs is 1. The number of alkyl halides is 2. The summed E-state index contributed by atoms with van der Waals surface area (Å²) in [5.74, 6) is -1.83. The summed E-state index contributed by atoms with van der Waals surface area (Å²) in [7, 11) is 0. The van der Waals surface area contributed by atoms with E-state index in [-0.39, 0.29) is 54.1 Å². The fourth-order valence-electron chi connectivity index (χ4n) is 2.70. The molecule has 0 aliphatic carbocycles. The van der Waals surface area contributed by atoms with E-state index in [1.807, 2.05) is 0 Å². The number of carbonyl (C=O) groups is 2. The minimum Gasteiger partial charge on any atom is -0.484 e. The van der Waals surface area contributed by atoms with Crippen molar-refractivity contribution in [2.24, 2.45) is 0 Å². The Labute approximate surface area is 196 Å². The summed E-state index contributed by atoms with van der Waals surface area (Å²) in [6.07, 6.45) is -4.57. The molecule has 0 radical (unpaired) electrons. The second-order valence-electron chi connectivity index (χ2n) is 7.03. The monoisotopic (exact) mass is 504 g/mol. The van der Waals surface area contributed by atoms with Crippen LogP contribution in [-0.4, -0.2) is 55.6 Å². The van der Waals surface area contributed by atoms with Crippen molar-refractivity contribution in [2.75, 3.05) is 26.3 Å². The summed E-state index contributed by atoms with van der Waals surface area (Å²) in [6, 6.07) is 7.49. The van der Waals surface area contributed by atoms with Crippen LogP contribution in [0, 0.1) is 5.82 Å². The van der Waals surface area contributed by atoms with Gasteiger partial charge in [0.2, 0.25) is 0 Å². The molecular weight excluding hydrogens is 485 g/mol. The molecule has 0 bridgehead atoms. The number of hydrogen-bond donors (Lipinski definition) is 3. The summed E-state index contributed by atoms with van der Waals surface area (Å²) in [5, 5.41) is 14.8. The van der Waals surface area contributed by atoms with Gasteiger partial charge in [0.1, 0.15) is 17.3 Å². The minimum absolute atomic E-state index is 0.0651. The van der Waals surface area contributed by atoms with Crippen molar-refractivity contribution in [3.05, 3.63) is 47.2 Å². The molecule has 0 saturated heterocycles. The van der Waals surface area contributed by atoms with Gasteiger partial charge < -0.3 is 34.7 Å². The number of benzene rings is 2. The van der Waals surface area contributed by atoms with Gasteiger partial charge in [0.25, 0.3) is 11.8 Å². The fourth-order valence-corrected chi connectivity index (χ4v) is 2.82. The predicted molar refractivity (Wildman–Crippen MR) is 112 cm³/mol. The van der Waals surface area contributed by atoms with Crippen molar-refractivity contribution in [1.29, 1.82) is 0 Å². The lowest BCUT2D eigenvalue weighted by atomic mass is 10.2. The second kappa shape index (κ2) is 11.2. The highest BCUT2D eigenvalue weighted by Crippen LogP contribution is 2.42. The highest BCUT2D eigenvalue weighted by Gasteiger charge is 2.43. The maximum absolute atomic E-state index is 13.3. The maximum Gasteiger partial charge on any atom is 0.586 e. The van der Waals surface area contributed by atoms with Gasteiger partial charge in [0.15, 0.2) is 24.7 Å². The summed E-state index contributed by atoms with van der Waals surface area (Å²) in [4.78, 5) is 23.6. The Morgan fingerprint density at radius 3 is 2.32 bits per heavy atom. The van der Waals surface area contributed by atoms with E-state index in [4.69, 9.17) is 21.1 Å². The second-order valence-corrected chi connectivity index (χ2v) is 7.43. The van der Waals surface area contributed by atoms with Crippen LogP contribution >= 0.6 is 11.6 Å². The van der Waals surface area contributed by atoms with Crippen LogP contribution in [0.1, 0.15) is 6.42 Å². The zero-order valence-corrected chi connectivity index (χ0v) is 18.2. The van der Waals surface area contributed by atoms with Crippen molar-refractivity contribution in [3.8, 4) is 23.0 Å². The van der Waals surface area contributed by atoms with Crippen LogP contribution in [0.5, 0.6) is 23.0 Å². The normalized spacial score (nSPS) is 14.3. The largest absolute Gasteiger partial charge is 0.586 e. The highest BCUT2D eigenvalue weighted by atomic mass is 35.5. The molecule has 34 heavy (non-hydrogen) atoms. The zero-order chi connectivity index (χ0) is 24.7. The first-order chi connectivity index (χ1) is 16.1. The van der Waals surface area contributed by atoms with Crippen LogP contribution < -0.4 is 29.6 Å². The number of ether oxygens (including phenoxy) is 4. The van der Waals surface area contributed by atoms with Gasteiger partial charge in [0, 0.05) is 25.2 Å². The Hall–Kier alpha value is -3.38. The number of nitrogens with one attached hydrogen (secondary N) is 2. The summed E-state index contributed by atoms with van der Waals surface area (Å²) in [6.45, 7) is -0.788. The Morgan fingerprint density at radius 1 is 1.00 bits per heavy atom. The van der Waals surface area contributed by atoms with E-state index in [2.05, 4.69) is 20.1 Å². The molecule has 1 aliphatic rings. The SMILES string of the molecule is O=C(COc1ccc(Cl)c(F)c1)NCCC(O)CNC(=O)COc1ccc2c(c1)OC(F)(F)O2. The fraction of sp³-hybridized carbons (Fsp3) is 0.333. The first-order valence-electron chi connectivity index (χ1n) is 9.93. The van der Waals surface area contributed by atoms with Crippen molar-refractivity contribution in [2.45, 2.75) is 18.8 Å². The Bertz CT molecular complexity index is 1040. The van der Waals surface area contributed by atoms with Gasteiger partial charge in [0.05, 0.1) is 11.1 Å². The van der Waals surface area contributed by atoms with Gasteiger partial charge in [-0.2, -0.15) is 0 Å². The maximum atomic E-state index is 13.3. The Kier molecular flexibility index (Phi) is 8.29. The molecule has 0 fully saturated rings. The molecule has 0 aromatic heterocycles. The van der Waals surface area contributed by atoms with Crippen LogP contribution in [0.2, 0.25) is 5.02 Å². The van der Waals surface area contributed by atoms with E-state index in [0.29, 0.717) is 0 Å². The molecule has 1 heterocycles. The number of hydrogen-bond acceptors (Lipinski definition) is 7. The number of halogens is 4. The molecule has 0 spiro atoms. The third-order valence-corrected chi connectivity index (χ3v) is 4.64. The zero-order valence-electron chi connectivity index (χ0n) is 17.5. The van der Waals surface area contributed by atoms with Gasteiger partial charge in [-0.15, -0.1) is 8.78 Å². The van der Waals surface area contributed by atoms with E-state index in [1.54, 1.807) is 0 Å². The van der Waals surface area contributed by atoms with Crippen LogP contribution in [0.25, 0.3) is 0 Å².